The van der Waals surface area contributed by atoms with Crippen molar-refractivity contribution in [3.8, 4) is 23.4 Å². The van der Waals surface area contributed by atoms with Crippen LogP contribution in [0.5, 0.6) is 17.4 Å². The Balaban J connectivity index is 1.17. The van der Waals surface area contributed by atoms with Crippen molar-refractivity contribution < 1.29 is 28.8 Å². The van der Waals surface area contributed by atoms with Gasteiger partial charge in [-0.3, -0.25) is 5.01 Å². The fourth-order valence-corrected chi connectivity index (χ4v) is 5.14. The third kappa shape index (κ3) is 5.93. The Morgan fingerprint density at radius 3 is 2.64 bits per heavy atom. The summed E-state index contributed by atoms with van der Waals surface area (Å²) in [6.45, 7) is 3.16. The smallest absolute Gasteiger partial charge is 0.335 e. The van der Waals surface area contributed by atoms with E-state index in [1.807, 2.05) is 32.7 Å². The molecule has 0 bridgehead atoms. The fraction of sp³-hybridized carbons (Fsp3) is 0.323. The lowest BCUT2D eigenvalue weighted by Crippen LogP contribution is -2.38. The van der Waals surface area contributed by atoms with Gasteiger partial charge in [-0.2, -0.15) is 15.3 Å². The molecule has 0 unspecified atom stereocenters. The topological polar surface area (TPSA) is 148 Å². The molecule has 2 aliphatic rings. The Labute approximate surface area is 253 Å². The molecule has 13 heteroatoms. The number of fused-ring (bicyclic) bond motifs is 1. The fourth-order valence-electron chi connectivity index (χ4n) is 5.14. The molecule has 6 rings (SSSR count). The van der Waals surface area contributed by atoms with E-state index in [0.717, 1.165) is 17.8 Å². The van der Waals surface area contributed by atoms with E-state index in [2.05, 4.69) is 16.2 Å². The first-order valence-corrected chi connectivity index (χ1v) is 14.1. The van der Waals surface area contributed by atoms with E-state index in [9.17, 15) is 9.90 Å². The molecule has 4 aromatic rings. The monoisotopic (exact) mass is 597 g/mol. The number of aromatic carboxylic acids is 1. The second kappa shape index (κ2) is 12.5. The number of hydrazone groups is 1. The van der Waals surface area contributed by atoms with Crippen molar-refractivity contribution in [3.05, 3.63) is 71.0 Å². The summed E-state index contributed by atoms with van der Waals surface area (Å²) in [5.74, 6) is 1.85. The van der Waals surface area contributed by atoms with Crippen LogP contribution >= 0.6 is 0 Å². The minimum Gasteiger partial charge on any atom is -0.496 e. The van der Waals surface area contributed by atoms with Crippen LogP contribution in [0.15, 0.2) is 53.6 Å². The maximum absolute atomic E-state index is 11.8. The molecule has 13 nitrogen and oxygen atoms in total. The van der Waals surface area contributed by atoms with Crippen LogP contribution in [0.25, 0.3) is 11.0 Å². The molecule has 0 aliphatic carbocycles. The first-order valence-electron chi connectivity index (χ1n) is 14.1. The molecule has 226 valence electrons. The van der Waals surface area contributed by atoms with Crippen LogP contribution in [0.3, 0.4) is 0 Å². The first kappa shape index (κ1) is 28.8. The standard InChI is InChI=1S/C31H31N7O6/c1-41-25-12-20(15-32)6-7-21(25)18-44-29-5-3-4-27(34-29)36-9-10-37(33-19-36)17-28-35-30-24(38(28)16-23-8-11-43-23)13-22(31(39)40)14-26(30)42-2/h3-7,12-14,19,23H,8-11,16-18H2,1-2H3,(H,39,40)/t23-/m0/s1. The lowest BCUT2D eigenvalue weighted by atomic mass is 10.1. The lowest BCUT2D eigenvalue weighted by Gasteiger charge is -2.30. The molecular formula is C31H31N7O6. The zero-order valence-electron chi connectivity index (χ0n) is 24.3. The third-order valence-corrected chi connectivity index (χ3v) is 7.62. The summed E-state index contributed by atoms with van der Waals surface area (Å²) < 4.78 is 24.6. The Morgan fingerprint density at radius 2 is 1.95 bits per heavy atom. The molecule has 2 aromatic heterocycles. The summed E-state index contributed by atoms with van der Waals surface area (Å²) in [5.41, 5.74) is 2.75. The van der Waals surface area contributed by atoms with E-state index in [1.165, 1.54) is 13.2 Å². The van der Waals surface area contributed by atoms with Crippen LogP contribution in [0.2, 0.25) is 0 Å². The van der Waals surface area contributed by atoms with Crippen LogP contribution < -0.4 is 19.1 Å². The van der Waals surface area contributed by atoms with Gasteiger partial charge < -0.3 is 33.5 Å². The number of carboxylic acid groups (broad SMARTS) is 1. The van der Waals surface area contributed by atoms with E-state index in [1.54, 1.807) is 37.7 Å². The van der Waals surface area contributed by atoms with Crippen molar-refractivity contribution in [2.45, 2.75) is 32.2 Å². The quantitative estimate of drug-likeness (QED) is 0.270. The highest BCUT2D eigenvalue weighted by Gasteiger charge is 2.25. The molecule has 2 aliphatic heterocycles. The molecule has 0 spiro atoms. The number of nitriles is 1. The second-order valence-corrected chi connectivity index (χ2v) is 10.3. The van der Waals surface area contributed by atoms with E-state index in [4.69, 9.17) is 29.2 Å². The van der Waals surface area contributed by atoms with Crippen molar-refractivity contribution in [3.63, 3.8) is 0 Å². The van der Waals surface area contributed by atoms with Crippen molar-refractivity contribution >= 4 is 29.2 Å². The van der Waals surface area contributed by atoms with E-state index in [0.29, 0.717) is 72.6 Å². The highest BCUT2D eigenvalue weighted by atomic mass is 16.5. The lowest BCUT2D eigenvalue weighted by molar-refractivity contribution is -0.0592. The van der Waals surface area contributed by atoms with Gasteiger partial charge in [0.15, 0.2) is 0 Å². The summed E-state index contributed by atoms with van der Waals surface area (Å²) in [4.78, 5) is 23.2. The van der Waals surface area contributed by atoms with Crippen LogP contribution in [0, 0.1) is 11.3 Å². The molecule has 0 amide bonds. The van der Waals surface area contributed by atoms with E-state index in [-0.39, 0.29) is 18.3 Å². The van der Waals surface area contributed by atoms with Crippen molar-refractivity contribution in [1.82, 2.24) is 19.5 Å². The SMILES string of the molecule is COc1cc(C#N)ccc1COc1cccc(N2C=NN(Cc3nc4c(OC)cc(C(=O)O)cc4n3C[C@@H]3CCO3)CC2)n1. The van der Waals surface area contributed by atoms with Gasteiger partial charge in [0.25, 0.3) is 0 Å². The molecule has 1 atom stereocenters. The minimum absolute atomic E-state index is 0.0459. The van der Waals surface area contributed by atoms with E-state index >= 15 is 0 Å². The Bertz CT molecular complexity index is 1760. The average Bonchev–Trinajstić information content (AvgIpc) is 3.38. The predicted molar refractivity (Wildman–Crippen MR) is 160 cm³/mol. The Hall–Kier alpha value is -5.35. The minimum atomic E-state index is -1.03. The number of hydrogen-bond acceptors (Lipinski definition) is 11. The normalized spacial score (nSPS) is 16.0. The van der Waals surface area contributed by atoms with Gasteiger partial charge >= 0.3 is 5.97 Å². The number of ether oxygens (including phenoxy) is 4. The van der Waals surface area contributed by atoms with Gasteiger partial charge in [-0.25, -0.2) is 9.78 Å². The molecule has 2 aromatic carbocycles. The summed E-state index contributed by atoms with van der Waals surface area (Å²) in [5, 5.41) is 25.4. The molecule has 1 saturated heterocycles. The average molecular weight is 598 g/mol. The van der Waals surface area contributed by atoms with E-state index < -0.39 is 5.97 Å². The molecule has 1 fully saturated rings. The number of imidazole rings is 1. The number of carbonyl (C=O) groups is 1. The zero-order valence-corrected chi connectivity index (χ0v) is 24.3. The number of rotatable bonds is 11. The van der Waals surface area contributed by atoms with Crippen molar-refractivity contribution in [2.24, 2.45) is 5.10 Å². The number of benzene rings is 2. The highest BCUT2D eigenvalue weighted by molar-refractivity contribution is 5.95. The summed E-state index contributed by atoms with van der Waals surface area (Å²) in [6, 6.07) is 16.0. The van der Waals surface area contributed by atoms with Gasteiger partial charge in [-0.1, -0.05) is 12.1 Å². The van der Waals surface area contributed by atoms with Gasteiger partial charge in [-0.15, -0.1) is 0 Å². The van der Waals surface area contributed by atoms with Crippen LogP contribution in [-0.4, -0.2) is 77.0 Å². The summed E-state index contributed by atoms with van der Waals surface area (Å²) in [7, 11) is 3.07. The maximum atomic E-state index is 11.8. The van der Waals surface area contributed by atoms with Crippen molar-refractivity contribution in [2.75, 3.05) is 38.8 Å². The highest BCUT2D eigenvalue weighted by Crippen LogP contribution is 2.30. The molecule has 44 heavy (non-hydrogen) atoms. The number of nitrogens with zero attached hydrogens (tertiary/aromatic N) is 7. The van der Waals surface area contributed by atoms with Crippen LogP contribution in [0.4, 0.5) is 5.82 Å². The zero-order chi connectivity index (χ0) is 30.6. The third-order valence-electron chi connectivity index (χ3n) is 7.62. The van der Waals surface area contributed by atoms with Gasteiger partial charge in [0.05, 0.1) is 62.7 Å². The van der Waals surface area contributed by atoms with Crippen molar-refractivity contribution in [1.29, 1.82) is 5.26 Å². The number of methoxy groups -OCH3 is 2. The predicted octanol–water partition coefficient (Wildman–Crippen LogP) is 3.65. The number of aromatic nitrogens is 3. The molecule has 0 saturated carbocycles. The van der Waals surface area contributed by atoms with Gasteiger partial charge in [0, 0.05) is 24.8 Å². The molecule has 1 N–H and O–H groups in total. The van der Waals surface area contributed by atoms with Gasteiger partial charge in [0.2, 0.25) is 5.88 Å². The largest absolute Gasteiger partial charge is 0.496 e. The molecular weight excluding hydrogens is 566 g/mol. The van der Waals surface area contributed by atoms with Crippen LogP contribution in [-0.2, 0) is 24.4 Å². The first-order chi connectivity index (χ1) is 21.4. The Morgan fingerprint density at radius 1 is 1.11 bits per heavy atom. The van der Waals surface area contributed by atoms with Gasteiger partial charge in [0.1, 0.15) is 41.6 Å². The van der Waals surface area contributed by atoms with Gasteiger partial charge in [-0.05, 0) is 36.8 Å². The van der Waals surface area contributed by atoms with Crippen LogP contribution in [0.1, 0.15) is 33.7 Å². The number of pyridine rings is 1. The number of anilines is 1. The molecule has 4 heterocycles. The summed E-state index contributed by atoms with van der Waals surface area (Å²) >= 11 is 0. The number of carboxylic acids is 1. The summed E-state index contributed by atoms with van der Waals surface area (Å²) in [6.07, 6.45) is 2.71. The second-order valence-electron chi connectivity index (χ2n) is 10.3. The Kier molecular flexibility index (Phi) is 8.16. The molecule has 0 radical (unpaired) electrons. The maximum Gasteiger partial charge on any atom is 0.335 e. The number of hydrogen-bond donors (Lipinski definition) is 1.